The van der Waals surface area contributed by atoms with Gasteiger partial charge in [0.2, 0.25) is 0 Å². The maximum atomic E-state index is 13.4. The van der Waals surface area contributed by atoms with Crippen LogP contribution < -0.4 is 10.6 Å². The Hall–Kier alpha value is -3.93. The molecule has 31 heavy (non-hydrogen) atoms. The number of allylic oxidation sites excluding steroid dienone is 1. The number of anilines is 2. The van der Waals surface area contributed by atoms with Crippen LogP contribution in [0, 0.1) is 10.1 Å². The lowest BCUT2D eigenvalue weighted by atomic mass is 9.78. The topological polar surface area (TPSA) is 84.3 Å². The molecular formula is C25H21N3O3. The van der Waals surface area contributed by atoms with Gasteiger partial charge in [0.25, 0.3) is 5.69 Å². The van der Waals surface area contributed by atoms with E-state index in [4.69, 9.17) is 0 Å². The largest absolute Gasteiger partial charge is 0.372 e. The summed E-state index contributed by atoms with van der Waals surface area (Å²) < 4.78 is 0. The second-order valence-electron chi connectivity index (χ2n) is 7.93. The van der Waals surface area contributed by atoms with Gasteiger partial charge >= 0.3 is 0 Å². The minimum absolute atomic E-state index is 0.0488. The molecule has 1 aliphatic heterocycles. The van der Waals surface area contributed by atoms with Crippen molar-refractivity contribution >= 4 is 22.8 Å². The van der Waals surface area contributed by atoms with Crippen molar-refractivity contribution in [2.24, 2.45) is 0 Å². The van der Waals surface area contributed by atoms with Gasteiger partial charge in [0.1, 0.15) is 0 Å². The van der Waals surface area contributed by atoms with Crippen molar-refractivity contribution in [1.29, 1.82) is 0 Å². The number of nitro benzene ring substituents is 1. The van der Waals surface area contributed by atoms with Crippen LogP contribution in [0.15, 0.2) is 90.1 Å². The Bertz CT molecular complexity index is 1200. The highest BCUT2D eigenvalue weighted by Gasteiger charge is 2.36. The lowest BCUT2D eigenvalue weighted by molar-refractivity contribution is -0.384. The van der Waals surface area contributed by atoms with Crippen molar-refractivity contribution in [2.45, 2.75) is 24.8 Å². The molecule has 2 aliphatic rings. The van der Waals surface area contributed by atoms with Crippen molar-refractivity contribution < 1.29 is 9.72 Å². The second kappa shape index (κ2) is 7.72. The molecule has 0 aromatic heterocycles. The monoisotopic (exact) mass is 411 g/mol. The van der Waals surface area contributed by atoms with Crippen LogP contribution >= 0.6 is 0 Å². The smallest absolute Gasteiger partial charge is 0.269 e. The van der Waals surface area contributed by atoms with E-state index in [1.165, 1.54) is 6.07 Å². The molecule has 0 radical (unpaired) electrons. The van der Waals surface area contributed by atoms with Crippen LogP contribution in [0.2, 0.25) is 0 Å². The summed E-state index contributed by atoms with van der Waals surface area (Å²) in [5, 5.41) is 18.3. The normalized spacial score (nSPS) is 20.1. The number of hydrogen-bond acceptors (Lipinski definition) is 5. The zero-order valence-electron chi connectivity index (χ0n) is 16.7. The van der Waals surface area contributed by atoms with Crippen molar-refractivity contribution in [3.8, 4) is 0 Å². The number of nitro groups is 1. The van der Waals surface area contributed by atoms with Crippen LogP contribution in [-0.4, -0.2) is 10.7 Å². The van der Waals surface area contributed by atoms with E-state index < -0.39 is 4.92 Å². The molecule has 3 aromatic rings. The molecule has 1 heterocycles. The lowest BCUT2D eigenvalue weighted by Gasteiger charge is -2.29. The molecule has 6 heteroatoms. The molecule has 0 fully saturated rings. The number of ketones is 1. The van der Waals surface area contributed by atoms with E-state index in [0.29, 0.717) is 12.8 Å². The Morgan fingerprint density at radius 2 is 1.55 bits per heavy atom. The summed E-state index contributed by atoms with van der Waals surface area (Å²) in [6, 6.07) is 24.2. The first-order valence-corrected chi connectivity index (χ1v) is 10.3. The number of rotatable bonds is 3. The highest BCUT2D eigenvalue weighted by molar-refractivity contribution is 6.01. The van der Waals surface area contributed by atoms with Crippen molar-refractivity contribution in [1.82, 2.24) is 0 Å². The summed E-state index contributed by atoms with van der Waals surface area (Å²) in [6.45, 7) is 0. The third kappa shape index (κ3) is 3.57. The minimum atomic E-state index is -0.395. The summed E-state index contributed by atoms with van der Waals surface area (Å²) in [6.07, 6.45) is 0.935. The fourth-order valence-corrected chi connectivity index (χ4v) is 4.52. The highest BCUT2D eigenvalue weighted by Crippen LogP contribution is 2.44. The molecule has 2 atom stereocenters. The van der Waals surface area contributed by atoms with E-state index in [0.717, 1.165) is 33.8 Å². The molecule has 0 bridgehead atoms. The van der Waals surface area contributed by atoms with Gasteiger partial charge in [-0.25, -0.2) is 0 Å². The van der Waals surface area contributed by atoms with Gasteiger partial charge in [-0.1, -0.05) is 54.6 Å². The zero-order chi connectivity index (χ0) is 21.4. The summed E-state index contributed by atoms with van der Waals surface area (Å²) in [4.78, 5) is 24.3. The summed E-state index contributed by atoms with van der Waals surface area (Å²) in [5.41, 5.74) is 5.36. The molecule has 3 aromatic carbocycles. The maximum absolute atomic E-state index is 13.4. The number of non-ortho nitro benzene ring substituents is 1. The van der Waals surface area contributed by atoms with Gasteiger partial charge in [-0.2, -0.15) is 0 Å². The number of carbonyl (C=O) groups is 1. The minimum Gasteiger partial charge on any atom is -0.372 e. The summed E-state index contributed by atoms with van der Waals surface area (Å²) in [7, 11) is 0. The quantitative estimate of drug-likeness (QED) is 0.434. The highest BCUT2D eigenvalue weighted by atomic mass is 16.6. The third-order valence-electron chi connectivity index (χ3n) is 5.99. The first-order valence-electron chi connectivity index (χ1n) is 10.3. The summed E-state index contributed by atoms with van der Waals surface area (Å²) in [5.74, 6) is -0.0558. The van der Waals surface area contributed by atoms with E-state index in [9.17, 15) is 14.9 Å². The van der Waals surface area contributed by atoms with E-state index in [1.54, 1.807) is 12.1 Å². The molecule has 0 spiro atoms. The Morgan fingerprint density at radius 3 is 2.32 bits per heavy atom. The summed E-state index contributed by atoms with van der Waals surface area (Å²) >= 11 is 0. The van der Waals surface area contributed by atoms with Gasteiger partial charge in [0, 0.05) is 29.8 Å². The molecule has 1 aliphatic carbocycles. The van der Waals surface area contributed by atoms with E-state index >= 15 is 0 Å². The van der Waals surface area contributed by atoms with Crippen molar-refractivity contribution in [2.75, 3.05) is 10.6 Å². The van der Waals surface area contributed by atoms with Crippen LogP contribution in [0.25, 0.3) is 0 Å². The number of benzene rings is 3. The Labute approximate surface area is 179 Å². The number of fused-ring (bicyclic) bond motifs is 1. The molecule has 6 nitrogen and oxygen atoms in total. The van der Waals surface area contributed by atoms with E-state index in [-0.39, 0.29) is 23.4 Å². The first kappa shape index (κ1) is 19.1. The average molecular weight is 411 g/mol. The number of carbonyl (C=O) groups excluding carboxylic acids is 1. The molecular weight excluding hydrogens is 390 g/mol. The fraction of sp³-hybridized carbons (Fsp3) is 0.160. The number of para-hydroxylation sites is 2. The average Bonchev–Trinajstić information content (AvgIpc) is 2.96. The molecule has 5 rings (SSSR count). The molecule has 0 amide bonds. The Balaban J connectivity index is 1.59. The zero-order valence-corrected chi connectivity index (χ0v) is 16.7. The van der Waals surface area contributed by atoms with Gasteiger partial charge in [-0.15, -0.1) is 0 Å². The van der Waals surface area contributed by atoms with Gasteiger partial charge in [0.05, 0.1) is 22.3 Å². The van der Waals surface area contributed by atoms with E-state index in [1.807, 2.05) is 60.7 Å². The van der Waals surface area contributed by atoms with Crippen LogP contribution in [0.1, 0.15) is 35.9 Å². The lowest BCUT2D eigenvalue weighted by Crippen LogP contribution is -2.26. The number of nitrogens with one attached hydrogen (secondary N) is 2. The number of hydrogen-bond donors (Lipinski definition) is 2. The Kier molecular flexibility index (Phi) is 4.75. The SMILES string of the molecule is O=C1C[C@H](c2cccc([N+](=O)[O-])c2)CC2=C1[C@@H](c1ccccc1)Nc1ccccc1N2. The standard InChI is InChI=1S/C25H21N3O3/c29-23-15-18(17-9-6-10-19(13-17)28(30)31)14-22-24(23)25(16-7-2-1-3-8-16)27-21-12-5-4-11-20(21)26-22/h1-13,18,25-27H,14-15H2/t18-,25-/m1/s1. The Morgan fingerprint density at radius 1 is 0.839 bits per heavy atom. The third-order valence-corrected chi connectivity index (χ3v) is 5.99. The molecule has 0 saturated carbocycles. The number of nitrogens with zero attached hydrogens (tertiary/aromatic N) is 1. The van der Waals surface area contributed by atoms with Gasteiger partial charge in [0.15, 0.2) is 5.78 Å². The predicted octanol–water partition coefficient (Wildman–Crippen LogP) is 5.57. The molecule has 0 saturated heterocycles. The van der Waals surface area contributed by atoms with Crippen LogP contribution in [0.5, 0.6) is 0 Å². The van der Waals surface area contributed by atoms with Crippen LogP contribution in [-0.2, 0) is 4.79 Å². The first-order chi connectivity index (χ1) is 15.1. The van der Waals surface area contributed by atoms with E-state index in [2.05, 4.69) is 10.6 Å². The van der Waals surface area contributed by atoms with Gasteiger partial charge in [-0.05, 0) is 35.6 Å². The molecule has 0 unspecified atom stereocenters. The van der Waals surface area contributed by atoms with Crippen molar-refractivity contribution in [3.63, 3.8) is 0 Å². The van der Waals surface area contributed by atoms with Gasteiger partial charge < -0.3 is 10.6 Å². The fourth-order valence-electron chi connectivity index (χ4n) is 4.52. The second-order valence-corrected chi connectivity index (χ2v) is 7.93. The maximum Gasteiger partial charge on any atom is 0.269 e. The number of Topliss-reactive ketones (excluding diaryl/α,β-unsaturated/α-hetero) is 1. The van der Waals surface area contributed by atoms with Crippen LogP contribution in [0.4, 0.5) is 17.1 Å². The molecule has 154 valence electrons. The van der Waals surface area contributed by atoms with Crippen molar-refractivity contribution in [3.05, 3.63) is 111 Å². The predicted molar refractivity (Wildman–Crippen MR) is 120 cm³/mol. The van der Waals surface area contributed by atoms with Crippen LogP contribution in [0.3, 0.4) is 0 Å². The van der Waals surface area contributed by atoms with Gasteiger partial charge in [-0.3, -0.25) is 14.9 Å². The molecule has 2 N–H and O–H groups in total.